The molecule has 16 heavy (non-hydrogen) atoms. The van der Waals surface area contributed by atoms with Gasteiger partial charge >= 0.3 is 0 Å². The lowest BCUT2D eigenvalue weighted by molar-refractivity contribution is 0.0927. The predicted molar refractivity (Wildman–Crippen MR) is 68.0 cm³/mol. The second-order valence-corrected chi connectivity index (χ2v) is 4.87. The van der Waals surface area contributed by atoms with Gasteiger partial charge in [0.15, 0.2) is 0 Å². The Balaban J connectivity index is 1.94. The van der Waals surface area contributed by atoms with E-state index in [2.05, 4.69) is 17.9 Å². The van der Waals surface area contributed by atoms with E-state index in [1.807, 2.05) is 24.3 Å². The Labute approximate surface area is 102 Å². The first-order chi connectivity index (χ1) is 7.75. The van der Waals surface area contributed by atoms with Crippen LogP contribution >= 0.6 is 12.6 Å². The molecule has 1 aliphatic carbocycles. The quantitative estimate of drug-likeness (QED) is 0.758. The van der Waals surface area contributed by atoms with Crippen molar-refractivity contribution in [2.75, 3.05) is 0 Å². The second kappa shape index (κ2) is 5.39. The van der Waals surface area contributed by atoms with E-state index in [0.717, 1.165) is 23.3 Å². The summed E-state index contributed by atoms with van der Waals surface area (Å²) < 4.78 is 0. The summed E-state index contributed by atoms with van der Waals surface area (Å²) >= 11 is 4.20. The van der Waals surface area contributed by atoms with E-state index in [9.17, 15) is 4.79 Å². The van der Waals surface area contributed by atoms with Crippen LogP contribution in [0.15, 0.2) is 29.2 Å². The highest BCUT2D eigenvalue weighted by molar-refractivity contribution is 7.80. The summed E-state index contributed by atoms with van der Waals surface area (Å²) in [5.41, 5.74) is 0.725. The first kappa shape index (κ1) is 11.5. The number of amides is 1. The fraction of sp³-hybridized carbons (Fsp3) is 0.462. The van der Waals surface area contributed by atoms with Gasteiger partial charge < -0.3 is 5.32 Å². The molecule has 0 bridgehead atoms. The Kier molecular flexibility index (Phi) is 3.88. The van der Waals surface area contributed by atoms with E-state index in [4.69, 9.17) is 0 Å². The molecule has 1 N–H and O–H groups in total. The Morgan fingerprint density at radius 3 is 2.38 bits per heavy atom. The number of thiol groups is 1. The van der Waals surface area contributed by atoms with E-state index in [1.54, 1.807) is 0 Å². The first-order valence-electron chi connectivity index (χ1n) is 5.85. The summed E-state index contributed by atoms with van der Waals surface area (Å²) in [6.07, 6.45) is 6.02. The van der Waals surface area contributed by atoms with Gasteiger partial charge in [0.05, 0.1) is 0 Å². The zero-order valence-electron chi connectivity index (χ0n) is 9.28. The van der Waals surface area contributed by atoms with Crippen molar-refractivity contribution >= 4 is 18.5 Å². The van der Waals surface area contributed by atoms with Gasteiger partial charge in [-0.05, 0) is 37.1 Å². The molecule has 0 atom stereocenters. The lowest BCUT2D eigenvalue weighted by Crippen LogP contribution is -2.36. The largest absolute Gasteiger partial charge is 0.349 e. The van der Waals surface area contributed by atoms with E-state index >= 15 is 0 Å². The number of hydrogen-bond donors (Lipinski definition) is 2. The molecule has 2 rings (SSSR count). The maximum absolute atomic E-state index is 11.9. The molecule has 0 unspecified atom stereocenters. The van der Waals surface area contributed by atoms with Crippen LogP contribution < -0.4 is 5.32 Å². The molecule has 0 radical (unpaired) electrons. The fourth-order valence-electron chi connectivity index (χ4n) is 2.13. The summed E-state index contributed by atoms with van der Waals surface area (Å²) in [7, 11) is 0. The van der Waals surface area contributed by atoms with Gasteiger partial charge in [0.25, 0.3) is 5.91 Å². The normalized spacial score (nSPS) is 17.1. The smallest absolute Gasteiger partial charge is 0.251 e. The van der Waals surface area contributed by atoms with Gasteiger partial charge in [-0.25, -0.2) is 0 Å². The van der Waals surface area contributed by atoms with Gasteiger partial charge in [0.1, 0.15) is 0 Å². The second-order valence-electron chi connectivity index (χ2n) is 4.36. The van der Waals surface area contributed by atoms with Crippen molar-refractivity contribution in [3.05, 3.63) is 29.8 Å². The molecule has 1 fully saturated rings. The zero-order valence-corrected chi connectivity index (χ0v) is 10.2. The minimum atomic E-state index is 0.0419. The molecule has 0 aromatic heterocycles. The fourth-order valence-corrected chi connectivity index (χ4v) is 2.28. The average molecular weight is 235 g/mol. The molecule has 86 valence electrons. The van der Waals surface area contributed by atoms with E-state index in [-0.39, 0.29) is 5.91 Å². The van der Waals surface area contributed by atoms with Crippen molar-refractivity contribution < 1.29 is 4.79 Å². The molecule has 0 saturated heterocycles. The van der Waals surface area contributed by atoms with Crippen molar-refractivity contribution in [3.8, 4) is 0 Å². The van der Waals surface area contributed by atoms with Gasteiger partial charge in [-0.15, -0.1) is 12.6 Å². The summed E-state index contributed by atoms with van der Waals surface area (Å²) in [6, 6.07) is 7.70. The Morgan fingerprint density at radius 2 is 1.75 bits per heavy atom. The molecule has 3 heteroatoms. The molecule has 0 heterocycles. The van der Waals surface area contributed by atoms with Gasteiger partial charge in [-0.2, -0.15) is 0 Å². The van der Waals surface area contributed by atoms with Crippen LogP contribution in [0, 0.1) is 0 Å². The SMILES string of the molecule is O=C(NC1CCCCC1)c1ccc(S)cc1. The summed E-state index contributed by atoms with van der Waals surface area (Å²) in [4.78, 5) is 12.8. The average Bonchev–Trinajstić information content (AvgIpc) is 2.31. The van der Waals surface area contributed by atoms with Crippen molar-refractivity contribution in [3.63, 3.8) is 0 Å². The minimum absolute atomic E-state index is 0.0419. The highest BCUT2D eigenvalue weighted by Gasteiger charge is 2.16. The molecule has 2 nitrogen and oxygen atoms in total. The molecular weight excluding hydrogens is 218 g/mol. The number of carbonyl (C=O) groups is 1. The van der Waals surface area contributed by atoms with Gasteiger partial charge in [0, 0.05) is 16.5 Å². The molecule has 1 aromatic rings. The number of carbonyl (C=O) groups excluding carboxylic acids is 1. The Hall–Kier alpha value is -0.960. The van der Waals surface area contributed by atoms with Crippen molar-refractivity contribution in [2.24, 2.45) is 0 Å². The third-order valence-electron chi connectivity index (χ3n) is 3.07. The number of rotatable bonds is 2. The van der Waals surface area contributed by atoms with E-state index in [1.165, 1.54) is 19.3 Å². The third kappa shape index (κ3) is 3.01. The van der Waals surface area contributed by atoms with Crippen LogP contribution in [-0.2, 0) is 0 Å². The van der Waals surface area contributed by atoms with Crippen molar-refractivity contribution in [2.45, 2.75) is 43.0 Å². The van der Waals surface area contributed by atoms with Crippen LogP contribution in [0.25, 0.3) is 0 Å². The molecule has 0 spiro atoms. The van der Waals surface area contributed by atoms with Gasteiger partial charge in [0.2, 0.25) is 0 Å². The van der Waals surface area contributed by atoms with Crippen LogP contribution in [-0.4, -0.2) is 11.9 Å². The maximum Gasteiger partial charge on any atom is 0.251 e. The molecule has 1 amide bonds. The van der Waals surface area contributed by atoms with E-state index < -0.39 is 0 Å². The van der Waals surface area contributed by atoms with Crippen LogP contribution in [0.5, 0.6) is 0 Å². The first-order valence-corrected chi connectivity index (χ1v) is 6.30. The van der Waals surface area contributed by atoms with Crippen LogP contribution in [0.2, 0.25) is 0 Å². The topological polar surface area (TPSA) is 29.1 Å². The Bertz CT molecular complexity index is 355. The lowest BCUT2D eigenvalue weighted by atomic mass is 9.95. The number of hydrogen-bond acceptors (Lipinski definition) is 2. The maximum atomic E-state index is 11.9. The molecule has 1 aliphatic rings. The molecule has 1 saturated carbocycles. The van der Waals surface area contributed by atoms with Crippen molar-refractivity contribution in [1.29, 1.82) is 0 Å². The highest BCUT2D eigenvalue weighted by Crippen LogP contribution is 2.18. The summed E-state index contributed by atoms with van der Waals surface area (Å²) in [6.45, 7) is 0. The third-order valence-corrected chi connectivity index (χ3v) is 3.37. The monoisotopic (exact) mass is 235 g/mol. The van der Waals surface area contributed by atoms with Crippen LogP contribution in [0.3, 0.4) is 0 Å². The molecule has 1 aromatic carbocycles. The van der Waals surface area contributed by atoms with Crippen LogP contribution in [0.4, 0.5) is 0 Å². The van der Waals surface area contributed by atoms with Crippen molar-refractivity contribution in [1.82, 2.24) is 5.32 Å². The summed E-state index contributed by atoms with van der Waals surface area (Å²) in [5, 5.41) is 3.09. The van der Waals surface area contributed by atoms with Crippen LogP contribution in [0.1, 0.15) is 42.5 Å². The number of benzene rings is 1. The predicted octanol–water partition coefficient (Wildman–Crippen LogP) is 3.04. The highest BCUT2D eigenvalue weighted by atomic mass is 32.1. The standard InChI is InChI=1S/C13H17NOS/c15-13(10-6-8-12(16)9-7-10)14-11-4-2-1-3-5-11/h6-9,11,16H,1-5H2,(H,14,15). The molecule has 0 aliphatic heterocycles. The zero-order chi connectivity index (χ0) is 11.4. The van der Waals surface area contributed by atoms with E-state index in [0.29, 0.717) is 6.04 Å². The summed E-state index contributed by atoms with van der Waals surface area (Å²) in [5.74, 6) is 0.0419. The minimum Gasteiger partial charge on any atom is -0.349 e. The molecular formula is C13H17NOS. The number of nitrogens with one attached hydrogen (secondary N) is 1. The van der Waals surface area contributed by atoms with Gasteiger partial charge in [-0.3, -0.25) is 4.79 Å². The Morgan fingerprint density at radius 1 is 1.12 bits per heavy atom. The lowest BCUT2D eigenvalue weighted by Gasteiger charge is -2.22. The van der Waals surface area contributed by atoms with Gasteiger partial charge in [-0.1, -0.05) is 19.3 Å².